The molecule has 0 spiro atoms. The molecule has 1 fully saturated rings. The number of guanidine groups is 1. The van der Waals surface area contributed by atoms with E-state index in [1.54, 1.807) is 0 Å². The van der Waals surface area contributed by atoms with Crippen LogP contribution in [0.2, 0.25) is 0 Å². The first-order chi connectivity index (χ1) is 14.0. The van der Waals surface area contributed by atoms with Crippen molar-refractivity contribution in [2.75, 3.05) is 19.6 Å². The van der Waals surface area contributed by atoms with Gasteiger partial charge < -0.3 is 15.1 Å². The Morgan fingerprint density at radius 2 is 1.80 bits per heavy atom. The summed E-state index contributed by atoms with van der Waals surface area (Å²) in [5.41, 5.74) is 3.52. The summed E-state index contributed by atoms with van der Waals surface area (Å²) in [5.74, 6) is 3.19. The van der Waals surface area contributed by atoms with E-state index in [0.29, 0.717) is 19.0 Å². The van der Waals surface area contributed by atoms with Gasteiger partial charge in [-0.05, 0) is 63.7 Å². The van der Waals surface area contributed by atoms with Crippen LogP contribution in [-0.4, -0.2) is 35.5 Å². The fourth-order valence-corrected chi connectivity index (χ4v) is 3.51. The highest BCUT2D eigenvalue weighted by atomic mass is 127. The van der Waals surface area contributed by atoms with E-state index >= 15 is 0 Å². The molecular weight excluding hydrogens is 489 g/mol. The Hall–Kier alpha value is -1.61. The summed E-state index contributed by atoms with van der Waals surface area (Å²) in [7, 11) is 0. The molecule has 0 bridgehead atoms. The van der Waals surface area contributed by atoms with Crippen LogP contribution < -0.4 is 10.6 Å². The Balaban J connectivity index is 0.00000320. The van der Waals surface area contributed by atoms with E-state index in [9.17, 15) is 0 Å². The van der Waals surface area contributed by atoms with Gasteiger partial charge in [-0.3, -0.25) is 4.90 Å². The maximum Gasteiger partial charge on any atom is 0.214 e. The molecule has 0 saturated carbocycles. The number of piperidine rings is 1. The smallest absolute Gasteiger partial charge is 0.214 e. The summed E-state index contributed by atoms with van der Waals surface area (Å²) in [6, 6.07) is 8.86. The molecule has 0 amide bonds. The third-order valence-electron chi connectivity index (χ3n) is 5.55. The summed E-state index contributed by atoms with van der Waals surface area (Å²) in [4.78, 5) is 11.7. The van der Waals surface area contributed by atoms with E-state index < -0.39 is 0 Å². The van der Waals surface area contributed by atoms with Crippen LogP contribution in [-0.2, 0) is 19.6 Å². The van der Waals surface area contributed by atoms with Gasteiger partial charge in [0.15, 0.2) is 5.96 Å². The number of rotatable bonds is 7. The summed E-state index contributed by atoms with van der Waals surface area (Å²) >= 11 is 0. The second kappa shape index (κ2) is 12.3. The van der Waals surface area contributed by atoms with E-state index in [1.807, 2.05) is 13.8 Å². The van der Waals surface area contributed by atoms with Crippen molar-refractivity contribution in [2.45, 2.75) is 60.2 Å². The van der Waals surface area contributed by atoms with Crippen molar-refractivity contribution >= 4 is 29.9 Å². The van der Waals surface area contributed by atoms with Crippen LogP contribution in [0.3, 0.4) is 0 Å². The first kappa shape index (κ1) is 24.7. The molecule has 1 aliphatic rings. The Kier molecular flexibility index (Phi) is 10.1. The molecule has 2 aromatic rings. The minimum atomic E-state index is 0. The van der Waals surface area contributed by atoms with Crippen molar-refractivity contribution in [1.29, 1.82) is 0 Å². The second-order valence-electron chi connectivity index (χ2n) is 8.07. The number of nitrogens with one attached hydrogen (secondary N) is 2. The lowest BCUT2D eigenvalue weighted by molar-refractivity contribution is 0.185. The van der Waals surface area contributed by atoms with E-state index in [4.69, 9.17) is 9.41 Å². The molecule has 0 aliphatic carbocycles. The summed E-state index contributed by atoms with van der Waals surface area (Å²) in [6.45, 7) is 13.8. The van der Waals surface area contributed by atoms with Crippen LogP contribution in [0.25, 0.3) is 0 Å². The van der Waals surface area contributed by atoms with Gasteiger partial charge in [-0.1, -0.05) is 31.2 Å². The highest BCUT2D eigenvalue weighted by Gasteiger charge is 2.15. The Morgan fingerprint density at radius 3 is 2.40 bits per heavy atom. The summed E-state index contributed by atoms with van der Waals surface area (Å²) in [6.07, 6.45) is 2.64. The van der Waals surface area contributed by atoms with Gasteiger partial charge >= 0.3 is 0 Å². The number of aromatic nitrogens is 1. The lowest BCUT2D eigenvalue weighted by atomic mass is 9.99. The normalized spacial score (nSPS) is 15.7. The monoisotopic (exact) mass is 525 g/mol. The van der Waals surface area contributed by atoms with E-state index in [1.165, 1.54) is 37.1 Å². The minimum Gasteiger partial charge on any atom is -0.444 e. The minimum absolute atomic E-state index is 0. The molecule has 0 atom stereocenters. The van der Waals surface area contributed by atoms with E-state index in [-0.39, 0.29) is 24.0 Å². The molecule has 1 saturated heterocycles. The van der Waals surface area contributed by atoms with Crippen molar-refractivity contribution in [3.05, 3.63) is 52.7 Å². The van der Waals surface area contributed by atoms with Gasteiger partial charge in [-0.15, -0.1) is 24.0 Å². The Bertz CT molecular complexity index is 775. The van der Waals surface area contributed by atoms with Gasteiger partial charge in [0, 0.05) is 13.1 Å². The van der Waals surface area contributed by atoms with Crippen molar-refractivity contribution in [1.82, 2.24) is 20.5 Å². The van der Waals surface area contributed by atoms with Crippen LogP contribution in [0, 0.1) is 19.8 Å². The zero-order chi connectivity index (χ0) is 20.6. The number of hydrogen-bond acceptors (Lipinski definition) is 4. The fourth-order valence-electron chi connectivity index (χ4n) is 3.51. The van der Waals surface area contributed by atoms with E-state index in [0.717, 1.165) is 36.4 Å². The topological polar surface area (TPSA) is 65.7 Å². The predicted octanol–water partition coefficient (Wildman–Crippen LogP) is 4.40. The zero-order valence-corrected chi connectivity index (χ0v) is 21.0. The number of hydrogen-bond donors (Lipinski definition) is 2. The number of aliphatic imine (C=N–C) groups is 1. The predicted molar refractivity (Wildman–Crippen MR) is 133 cm³/mol. The maximum atomic E-state index is 5.63. The summed E-state index contributed by atoms with van der Waals surface area (Å²) < 4.78 is 5.63. The van der Waals surface area contributed by atoms with Crippen LogP contribution in [0.5, 0.6) is 0 Å². The summed E-state index contributed by atoms with van der Waals surface area (Å²) in [5, 5.41) is 6.57. The van der Waals surface area contributed by atoms with Crippen molar-refractivity contribution < 1.29 is 4.42 Å². The average molecular weight is 525 g/mol. The van der Waals surface area contributed by atoms with Crippen LogP contribution >= 0.6 is 24.0 Å². The van der Waals surface area contributed by atoms with Crippen LogP contribution in [0.15, 0.2) is 33.7 Å². The van der Waals surface area contributed by atoms with Crippen LogP contribution in [0.4, 0.5) is 0 Å². The van der Waals surface area contributed by atoms with E-state index in [2.05, 4.69) is 58.6 Å². The number of aryl methyl sites for hydroxylation is 2. The SMILES string of the molecule is CCNC(=NCc1ccc(CN2CCC(C)CC2)cc1)NCc1nc(C)c(C)o1.I. The van der Waals surface area contributed by atoms with Crippen molar-refractivity contribution in [2.24, 2.45) is 10.9 Å². The molecule has 0 unspecified atom stereocenters. The van der Waals surface area contributed by atoms with Crippen molar-refractivity contribution in [3.63, 3.8) is 0 Å². The number of halogens is 1. The average Bonchev–Trinajstić information content (AvgIpc) is 3.04. The van der Waals surface area contributed by atoms with Gasteiger partial charge in [0.1, 0.15) is 5.76 Å². The largest absolute Gasteiger partial charge is 0.444 e. The standard InChI is InChI=1S/C23H35N5O.HI/c1-5-24-23(26-15-22-27-18(3)19(4)29-22)25-14-20-6-8-21(9-7-20)16-28-12-10-17(2)11-13-28;/h6-9,17H,5,10-16H2,1-4H3,(H2,24,25,26);1H. The Morgan fingerprint density at radius 1 is 1.13 bits per heavy atom. The molecule has 2 heterocycles. The zero-order valence-electron chi connectivity index (χ0n) is 18.7. The first-order valence-corrected chi connectivity index (χ1v) is 10.8. The number of oxazole rings is 1. The molecule has 2 N–H and O–H groups in total. The second-order valence-corrected chi connectivity index (χ2v) is 8.07. The number of nitrogens with zero attached hydrogens (tertiary/aromatic N) is 3. The molecule has 6 nitrogen and oxygen atoms in total. The van der Waals surface area contributed by atoms with Gasteiger partial charge in [0.2, 0.25) is 5.89 Å². The fraction of sp³-hybridized carbons (Fsp3) is 0.565. The van der Waals surface area contributed by atoms with Crippen LogP contribution in [0.1, 0.15) is 55.2 Å². The third kappa shape index (κ3) is 7.58. The molecule has 1 aliphatic heterocycles. The first-order valence-electron chi connectivity index (χ1n) is 10.8. The quantitative estimate of drug-likeness (QED) is 0.319. The van der Waals surface area contributed by atoms with Gasteiger partial charge in [-0.2, -0.15) is 0 Å². The van der Waals surface area contributed by atoms with Gasteiger partial charge in [-0.25, -0.2) is 9.98 Å². The van der Waals surface area contributed by atoms with Gasteiger partial charge in [0.25, 0.3) is 0 Å². The molecule has 0 radical (unpaired) electrons. The molecule has 1 aromatic heterocycles. The molecule has 7 heteroatoms. The third-order valence-corrected chi connectivity index (χ3v) is 5.55. The molecular formula is C23H36IN5O. The lowest BCUT2D eigenvalue weighted by Gasteiger charge is -2.30. The highest BCUT2D eigenvalue weighted by molar-refractivity contribution is 14.0. The molecule has 166 valence electrons. The Labute approximate surface area is 198 Å². The van der Waals surface area contributed by atoms with Gasteiger partial charge in [0.05, 0.1) is 18.8 Å². The lowest BCUT2D eigenvalue weighted by Crippen LogP contribution is -2.36. The molecule has 1 aromatic carbocycles. The van der Waals surface area contributed by atoms with Crippen molar-refractivity contribution in [3.8, 4) is 0 Å². The maximum absolute atomic E-state index is 5.63. The molecule has 3 rings (SSSR count). The highest BCUT2D eigenvalue weighted by Crippen LogP contribution is 2.18. The number of benzene rings is 1. The number of likely N-dealkylation sites (tertiary alicyclic amines) is 1. The molecule has 30 heavy (non-hydrogen) atoms.